The van der Waals surface area contributed by atoms with Gasteiger partial charge in [0.25, 0.3) is 0 Å². The molecule has 2 heteroatoms. The lowest BCUT2D eigenvalue weighted by atomic mass is 10.1. The first kappa shape index (κ1) is 13.0. The van der Waals surface area contributed by atoms with E-state index in [-0.39, 0.29) is 5.91 Å². The van der Waals surface area contributed by atoms with E-state index >= 15 is 0 Å². The van der Waals surface area contributed by atoms with Crippen molar-refractivity contribution in [1.82, 2.24) is 0 Å². The van der Waals surface area contributed by atoms with E-state index in [1.54, 1.807) is 0 Å². The number of hydrogen-bond donors (Lipinski definition) is 1. The minimum Gasteiger partial charge on any atom is -0.370 e. The van der Waals surface area contributed by atoms with Gasteiger partial charge in [0.05, 0.1) is 0 Å². The zero-order chi connectivity index (χ0) is 10.6. The van der Waals surface area contributed by atoms with E-state index in [4.69, 9.17) is 12.2 Å². The van der Waals surface area contributed by atoms with Crippen molar-refractivity contribution in [3.63, 3.8) is 0 Å². The van der Waals surface area contributed by atoms with Crippen molar-refractivity contribution >= 4 is 5.91 Å². The Hall–Kier alpha value is -0.970. The Morgan fingerprint density at radius 2 is 1.50 bits per heavy atom. The third-order valence-corrected chi connectivity index (χ3v) is 2.24. The van der Waals surface area contributed by atoms with E-state index in [1.165, 1.54) is 25.7 Å². The predicted octanol–water partition coefficient (Wildman–Crippen LogP) is 2.62. The summed E-state index contributed by atoms with van der Waals surface area (Å²) in [5.74, 6) is 2.46. The van der Waals surface area contributed by atoms with Gasteiger partial charge in [-0.1, -0.05) is 32.1 Å². The minimum absolute atomic E-state index is 0.181. The summed E-state index contributed by atoms with van der Waals surface area (Å²) in [6.45, 7) is 0. The van der Waals surface area contributed by atoms with E-state index in [0.29, 0.717) is 6.42 Å². The summed E-state index contributed by atoms with van der Waals surface area (Å²) in [4.78, 5) is 10.4. The number of unbranched alkanes of at least 4 members (excludes halogenated alkanes) is 7. The van der Waals surface area contributed by atoms with Crippen molar-refractivity contribution in [1.29, 1.82) is 0 Å². The van der Waals surface area contributed by atoms with Crippen molar-refractivity contribution in [3.8, 4) is 12.3 Å². The number of amides is 1. The fourth-order valence-corrected chi connectivity index (χ4v) is 1.41. The SMILES string of the molecule is C#CCCCCCCCCCC(N)=O. The van der Waals surface area contributed by atoms with Crippen LogP contribution in [0.3, 0.4) is 0 Å². The summed E-state index contributed by atoms with van der Waals surface area (Å²) < 4.78 is 0. The molecule has 0 aliphatic carbocycles. The predicted molar refractivity (Wildman–Crippen MR) is 59.6 cm³/mol. The Bertz CT molecular complexity index is 181. The number of terminal acetylenes is 1. The minimum atomic E-state index is -0.181. The molecular weight excluding hydrogens is 174 g/mol. The molecule has 80 valence electrons. The molecule has 0 aliphatic rings. The van der Waals surface area contributed by atoms with Crippen LogP contribution >= 0.6 is 0 Å². The summed E-state index contributed by atoms with van der Waals surface area (Å²) in [7, 11) is 0. The van der Waals surface area contributed by atoms with E-state index in [1.807, 2.05) is 0 Å². The second-order valence-corrected chi connectivity index (χ2v) is 3.65. The van der Waals surface area contributed by atoms with Crippen LogP contribution in [0.25, 0.3) is 0 Å². The van der Waals surface area contributed by atoms with E-state index in [0.717, 1.165) is 25.7 Å². The zero-order valence-electron chi connectivity index (χ0n) is 8.93. The molecule has 0 unspecified atom stereocenters. The van der Waals surface area contributed by atoms with Crippen molar-refractivity contribution < 1.29 is 4.79 Å². The van der Waals surface area contributed by atoms with E-state index in [2.05, 4.69) is 5.92 Å². The molecule has 1 amide bonds. The van der Waals surface area contributed by atoms with Gasteiger partial charge in [0.15, 0.2) is 0 Å². The molecule has 0 aliphatic heterocycles. The maximum Gasteiger partial charge on any atom is 0.217 e. The van der Waals surface area contributed by atoms with Crippen LogP contribution in [0.4, 0.5) is 0 Å². The number of carbonyl (C=O) groups is 1. The first-order chi connectivity index (χ1) is 6.77. The number of hydrogen-bond acceptors (Lipinski definition) is 1. The highest BCUT2D eigenvalue weighted by Gasteiger charge is 1.94. The Balaban J connectivity index is 2.93. The molecule has 0 fully saturated rings. The van der Waals surface area contributed by atoms with Crippen LogP contribution in [0.1, 0.15) is 57.8 Å². The third-order valence-electron chi connectivity index (χ3n) is 2.24. The molecule has 0 heterocycles. The molecule has 0 aromatic rings. The largest absolute Gasteiger partial charge is 0.370 e. The maximum atomic E-state index is 10.4. The van der Waals surface area contributed by atoms with E-state index in [9.17, 15) is 4.79 Å². The van der Waals surface area contributed by atoms with Crippen LogP contribution in [-0.2, 0) is 4.79 Å². The van der Waals surface area contributed by atoms with Gasteiger partial charge >= 0.3 is 0 Å². The highest BCUT2D eigenvalue weighted by Crippen LogP contribution is 2.09. The molecule has 0 radical (unpaired) electrons. The number of primary amides is 1. The summed E-state index contributed by atoms with van der Waals surface area (Å²) in [6, 6.07) is 0. The lowest BCUT2D eigenvalue weighted by Crippen LogP contribution is -2.09. The molecule has 14 heavy (non-hydrogen) atoms. The average Bonchev–Trinajstić information content (AvgIpc) is 2.15. The molecule has 0 spiro atoms. The number of rotatable bonds is 9. The third kappa shape index (κ3) is 11.0. The van der Waals surface area contributed by atoms with Gasteiger partial charge < -0.3 is 5.73 Å². The smallest absolute Gasteiger partial charge is 0.217 e. The lowest BCUT2D eigenvalue weighted by molar-refractivity contribution is -0.118. The van der Waals surface area contributed by atoms with Crippen LogP contribution in [0.15, 0.2) is 0 Å². The first-order valence-electron chi connectivity index (χ1n) is 5.49. The van der Waals surface area contributed by atoms with Crippen molar-refractivity contribution in [2.24, 2.45) is 5.73 Å². The van der Waals surface area contributed by atoms with Crippen LogP contribution < -0.4 is 5.73 Å². The fourth-order valence-electron chi connectivity index (χ4n) is 1.41. The second-order valence-electron chi connectivity index (χ2n) is 3.65. The Labute approximate surface area is 87.3 Å². The summed E-state index contributed by atoms with van der Waals surface area (Å²) in [5.41, 5.74) is 5.03. The van der Waals surface area contributed by atoms with Crippen LogP contribution in [0, 0.1) is 12.3 Å². The highest BCUT2D eigenvalue weighted by molar-refractivity contribution is 5.73. The van der Waals surface area contributed by atoms with Gasteiger partial charge in [-0.2, -0.15) is 0 Å². The van der Waals surface area contributed by atoms with Gasteiger partial charge in [0, 0.05) is 12.8 Å². The summed E-state index contributed by atoms with van der Waals surface area (Å²) >= 11 is 0. The second kappa shape index (κ2) is 10.1. The Kier molecular flexibility index (Phi) is 9.41. The Morgan fingerprint density at radius 1 is 1.00 bits per heavy atom. The monoisotopic (exact) mass is 195 g/mol. The van der Waals surface area contributed by atoms with Gasteiger partial charge in [-0.3, -0.25) is 4.79 Å². The molecule has 0 saturated heterocycles. The van der Waals surface area contributed by atoms with Crippen molar-refractivity contribution in [3.05, 3.63) is 0 Å². The highest BCUT2D eigenvalue weighted by atomic mass is 16.1. The van der Waals surface area contributed by atoms with Gasteiger partial charge in [-0.05, 0) is 12.8 Å². The maximum absolute atomic E-state index is 10.4. The molecule has 0 bridgehead atoms. The first-order valence-corrected chi connectivity index (χ1v) is 5.49. The molecule has 0 rings (SSSR count). The summed E-state index contributed by atoms with van der Waals surface area (Å²) in [6.07, 6.45) is 14.8. The molecule has 0 saturated carbocycles. The van der Waals surface area contributed by atoms with Gasteiger partial charge in [0.2, 0.25) is 5.91 Å². The molecular formula is C12H21NO. The topological polar surface area (TPSA) is 43.1 Å². The molecule has 2 N–H and O–H groups in total. The average molecular weight is 195 g/mol. The zero-order valence-corrected chi connectivity index (χ0v) is 8.93. The standard InChI is InChI=1S/C12H21NO/c1-2-3-4-5-6-7-8-9-10-11-12(13)14/h1H,3-11H2,(H2,13,14). The quantitative estimate of drug-likeness (QED) is 0.446. The Morgan fingerprint density at radius 3 is 2.00 bits per heavy atom. The van der Waals surface area contributed by atoms with Crippen molar-refractivity contribution in [2.45, 2.75) is 57.8 Å². The van der Waals surface area contributed by atoms with Crippen LogP contribution in [0.5, 0.6) is 0 Å². The number of nitrogens with two attached hydrogens (primary N) is 1. The molecule has 0 atom stereocenters. The van der Waals surface area contributed by atoms with Crippen molar-refractivity contribution in [2.75, 3.05) is 0 Å². The van der Waals surface area contributed by atoms with Crippen LogP contribution in [-0.4, -0.2) is 5.91 Å². The van der Waals surface area contributed by atoms with Gasteiger partial charge in [0.1, 0.15) is 0 Å². The van der Waals surface area contributed by atoms with Gasteiger partial charge in [-0.15, -0.1) is 12.3 Å². The summed E-state index contributed by atoms with van der Waals surface area (Å²) in [5, 5.41) is 0. The lowest BCUT2D eigenvalue weighted by Gasteiger charge is -1.99. The van der Waals surface area contributed by atoms with E-state index < -0.39 is 0 Å². The number of carbonyl (C=O) groups excluding carboxylic acids is 1. The molecule has 0 aromatic carbocycles. The fraction of sp³-hybridized carbons (Fsp3) is 0.750. The van der Waals surface area contributed by atoms with Crippen LogP contribution in [0.2, 0.25) is 0 Å². The van der Waals surface area contributed by atoms with Gasteiger partial charge in [-0.25, -0.2) is 0 Å². The molecule has 0 aromatic heterocycles. The molecule has 2 nitrogen and oxygen atoms in total. The normalized spacial score (nSPS) is 9.64.